The third-order valence-corrected chi connectivity index (χ3v) is 3.80. The number of hydrogen-bond donors (Lipinski definition) is 1. The third-order valence-electron chi connectivity index (χ3n) is 3.80. The Morgan fingerprint density at radius 3 is 2.87 bits per heavy atom. The summed E-state index contributed by atoms with van der Waals surface area (Å²) in [6.07, 6.45) is 3.66. The summed E-state index contributed by atoms with van der Waals surface area (Å²) < 4.78 is 5.47. The van der Waals surface area contributed by atoms with E-state index < -0.39 is 5.60 Å². The Morgan fingerprint density at radius 1 is 1.43 bits per heavy atom. The van der Waals surface area contributed by atoms with E-state index in [1.165, 1.54) is 0 Å². The van der Waals surface area contributed by atoms with E-state index in [0.29, 0.717) is 5.92 Å². The molecule has 1 N–H and O–H groups in total. The average Bonchev–Trinajstić information content (AvgIpc) is 2.47. The van der Waals surface area contributed by atoms with Gasteiger partial charge in [-0.15, -0.1) is 0 Å². The molecule has 6 nitrogen and oxygen atoms in total. The van der Waals surface area contributed by atoms with E-state index in [0.717, 1.165) is 49.7 Å². The number of hydrogen-bond acceptors (Lipinski definition) is 5. The quantitative estimate of drug-likeness (QED) is 0.926. The minimum atomic E-state index is -0.448. The smallest absolute Gasteiger partial charge is 0.410 e. The largest absolute Gasteiger partial charge is 0.444 e. The van der Waals surface area contributed by atoms with Crippen LogP contribution in [0.15, 0.2) is 6.20 Å². The summed E-state index contributed by atoms with van der Waals surface area (Å²) in [6, 6.07) is 0. The molecule has 1 aromatic rings. The van der Waals surface area contributed by atoms with Gasteiger partial charge in [0.15, 0.2) is 0 Å². The Balaban J connectivity index is 1.89. The Labute approximate surface area is 138 Å². The van der Waals surface area contributed by atoms with Crippen molar-refractivity contribution in [1.29, 1.82) is 0 Å². The number of aryl methyl sites for hydroxylation is 2. The lowest BCUT2D eigenvalue weighted by molar-refractivity contribution is 0.0172. The van der Waals surface area contributed by atoms with Gasteiger partial charge in [-0.2, -0.15) is 0 Å². The highest BCUT2D eigenvalue weighted by Gasteiger charge is 2.27. The molecule has 1 atom stereocenters. The summed E-state index contributed by atoms with van der Waals surface area (Å²) >= 11 is 0. The summed E-state index contributed by atoms with van der Waals surface area (Å²) in [5.74, 6) is 1.23. The van der Waals surface area contributed by atoms with Crippen molar-refractivity contribution in [2.24, 2.45) is 5.92 Å². The number of ether oxygens (including phenoxy) is 1. The fourth-order valence-corrected chi connectivity index (χ4v) is 2.67. The summed E-state index contributed by atoms with van der Waals surface area (Å²) in [4.78, 5) is 22.8. The first-order valence-electron chi connectivity index (χ1n) is 8.26. The molecule has 1 fully saturated rings. The fraction of sp³-hybridized carbons (Fsp3) is 0.706. The maximum atomic E-state index is 12.2. The van der Waals surface area contributed by atoms with Crippen molar-refractivity contribution in [3.8, 4) is 0 Å². The molecule has 0 bridgehead atoms. The first-order chi connectivity index (χ1) is 10.7. The van der Waals surface area contributed by atoms with Crippen LogP contribution >= 0.6 is 0 Å². The van der Waals surface area contributed by atoms with Crippen LogP contribution in [0.5, 0.6) is 0 Å². The summed E-state index contributed by atoms with van der Waals surface area (Å²) in [5, 5.41) is 3.38. The van der Waals surface area contributed by atoms with E-state index in [-0.39, 0.29) is 6.09 Å². The SMILES string of the molecule is Cc1cnc(C)c(NCC2CCCN(C(=O)OC(C)(C)C)C2)n1. The van der Waals surface area contributed by atoms with Crippen molar-refractivity contribution in [2.75, 3.05) is 25.0 Å². The van der Waals surface area contributed by atoms with Gasteiger partial charge < -0.3 is 15.0 Å². The van der Waals surface area contributed by atoms with Crippen molar-refractivity contribution in [1.82, 2.24) is 14.9 Å². The first-order valence-corrected chi connectivity index (χ1v) is 8.26. The molecule has 1 unspecified atom stereocenters. The number of nitrogens with zero attached hydrogens (tertiary/aromatic N) is 3. The van der Waals surface area contributed by atoms with Crippen molar-refractivity contribution in [3.63, 3.8) is 0 Å². The normalized spacial score (nSPS) is 18.7. The van der Waals surface area contributed by atoms with Crippen LogP contribution in [-0.4, -0.2) is 46.2 Å². The predicted octanol–water partition coefficient (Wildman–Crippen LogP) is 3.15. The molecule has 0 radical (unpaired) electrons. The molecule has 0 aromatic carbocycles. The highest BCUT2D eigenvalue weighted by Crippen LogP contribution is 2.20. The maximum absolute atomic E-state index is 12.2. The van der Waals surface area contributed by atoms with E-state index in [1.807, 2.05) is 39.5 Å². The van der Waals surface area contributed by atoms with Crippen LogP contribution in [-0.2, 0) is 4.74 Å². The van der Waals surface area contributed by atoms with Gasteiger partial charge in [0.05, 0.1) is 11.4 Å². The molecule has 1 aromatic heterocycles. The second-order valence-electron chi connectivity index (χ2n) is 7.26. The molecule has 128 valence electrons. The van der Waals surface area contributed by atoms with Crippen molar-refractivity contribution >= 4 is 11.9 Å². The predicted molar refractivity (Wildman–Crippen MR) is 90.5 cm³/mol. The number of rotatable bonds is 3. The molecule has 0 saturated carbocycles. The minimum Gasteiger partial charge on any atom is -0.444 e. The van der Waals surface area contributed by atoms with Crippen LogP contribution in [0.25, 0.3) is 0 Å². The molecule has 2 rings (SSSR count). The lowest BCUT2D eigenvalue weighted by Gasteiger charge is -2.34. The van der Waals surface area contributed by atoms with E-state index >= 15 is 0 Å². The number of amides is 1. The van der Waals surface area contributed by atoms with E-state index in [2.05, 4.69) is 15.3 Å². The number of carbonyl (C=O) groups is 1. The van der Waals surface area contributed by atoms with Crippen LogP contribution < -0.4 is 5.32 Å². The van der Waals surface area contributed by atoms with Gasteiger partial charge >= 0.3 is 6.09 Å². The number of piperidine rings is 1. The molecule has 0 spiro atoms. The molecule has 1 saturated heterocycles. The Morgan fingerprint density at radius 2 is 2.17 bits per heavy atom. The molecule has 2 heterocycles. The molecule has 1 aliphatic rings. The van der Waals surface area contributed by atoms with Crippen molar-refractivity contribution in [2.45, 2.75) is 53.1 Å². The highest BCUT2D eigenvalue weighted by molar-refractivity contribution is 5.68. The summed E-state index contributed by atoms with van der Waals surface area (Å²) in [6.45, 7) is 11.9. The fourth-order valence-electron chi connectivity index (χ4n) is 2.67. The van der Waals surface area contributed by atoms with Gasteiger partial charge in [-0.25, -0.2) is 9.78 Å². The summed E-state index contributed by atoms with van der Waals surface area (Å²) in [7, 11) is 0. The van der Waals surface area contributed by atoms with Gasteiger partial charge in [0.1, 0.15) is 11.4 Å². The summed E-state index contributed by atoms with van der Waals surface area (Å²) in [5.41, 5.74) is 1.35. The standard InChI is InChI=1S/C17H28N4O2/c1-12-9-18-13(2)15(20-12)19-10-14-7-6-8-21(11-14)16(22)23-17(3,4)5/h9,14H,6-8,10-11H2,1-5H3,(H,19,20). The Hall–Kier alpha value is -1.85. The van der Waals surface area contributed by atoms with Crippen molar-refractivity contribution in [3.05, 3.63) is 17.6 Å². The van der Waals surface area contributed by atoms with Crippen LogP contribution in [0, 0.1) is 19.8 Å². The van der Waals surface area contributed by atoms with Crippen molar-refractivity contribution < 1.29 is 9.53 Å². The average molecular weight is 320 g/mol. The zero-order valence-electron chi connectivity index (χ0n) is 14.8. The van der Waals surface area contributed by atoms with Gasteiger partial charge in [-0.3, -0.25) is 4.98 Å². The maximum Gasteiger partial charge on any atom is 0.410 e. The van der Waals surface area contributed by atoms with Gasteiger partial charge in [0, 0.05) is 25.8 Å². The minimum absolute atomic E-state index is 0.214. The van der Waals surface area contributed by atoms with E-state index in [4.69, 9.17) is 4.74 Å². The van der Waals surface area contributed by atoms with Crippen LogP contribution in [0.4, 0.5) is 10.6 Å². The second-order valence-corrected chi connectivity index (χ2v) is 7.26. The van der Waals surface area contributed by atoms with Gasteiger partial charge in [-0.1, -0.05) is 0 Å². The molecule has 1 amide bonds. The van der Waals surface area contributed by atoms with Gasteiger partial charge in [-0.05, 0) is 53.4 Å². The number of aromatic nitrogens is 2. The monoisotopic (exact) mass is 320 g/mol. The zero-order valence-corrected chi connectivity index (χ0v) is 14.8. The van der Waals surface area contributed by atoms with E-state index in [1.54, 1.807) is 6.20 Å². The molecule has 1 aliphatic heterocycles. The lowest BCUT2D eigenvalue weighted by atomic mass is 9.98. The molecule has 0 aliphatic carbocycles. The first kappa shape index (κ1) is 17.5. The molecule has 6 heteroatoms. The number of likely N-dealkylation sites (tertiary alicyclic amines) is 1. The number of anilines is 1. The lowest BCUT2D eigenvalue weighted by Crippen LogP contribution is -2.44. The Kier molecular flexibility index (Phi) is 5.44. The number of carbonyl (C=O) groups excluding carboxylic acids is 1. The number of nitrogens with one attached hydrogen (secondary N) is 1. The highest BCUT2D eigenvalue weighted by atomic mass is 16.6. The molecular weight excluding hydrogens is 292 g/mol. The van der Waals surface area contributed by atoms with Crippen LogP contribution in [0.1, 0.15) is 45.0 Å². The molecule has 23 heavy (non-hydrogen) atoms. The Bertz CT molecular complexity index is 554. The second kappa shape index (κ2) is 7.15. The van der Waals surface area contributed by atoms with Gasteiger partial charge in [0.25, 0.3) is 0 Å². The third kappa shape index (κ3) is 5.37. The topological polar surface area (TPSA) is 67.4 Å². The van der Waals surface area contributed by atoms with E-state index in [9.17, 15) is 4.79 Å². The van der Waals surface area contributed by atoms with Crippen LogP contribution in [0.3, 0.4) is 0 Å². The van der Waals surface area contributed by atoms with Gasteiger partial charge in [0.2, 0.25) is 0 Å². The molecular formula is C17H28N4O2. The zero-order chi connectivity index (χ0) is 17.0. The van der Waals surface area contributed by atoms with Crippen LogP contribution in [0.2, 0.25) is 0 Å².